The molecule has 118 valence electrons. The number of benzene rings is 2. The number of fused-ring (bicyclic) bond motifs is 1. The molecule has 0 bridgehead atoms. The van der Waals surface area contributed by atoms with Crippen LogP contribution in [0.2, 0.25) is 0 Å². The Morgan fingerprint density at radius 2 is 1.52 bits per heavy atom. The summed E-state index contributed by atoms with van der Waals surface area (Å²) in [6.45, 7) is 4.27. The van der Waals surface area contributed by atoms with E-state index in [4.69, 9.17) is 9.47 Å². The van der Waals surface area contributed by atoms with Crippen LogP contribution >= 0.6 is 0 Å². The highest BCUT2D eigenvalue weighted by Crippen LogP contribution is 2.39. The van der Waals surface area contributed by atoms with Crippen LogP contribution in [0.15, 0.2) is 48.7 Å². The van der Waals surface area contributed by atoms with E-state index in [9.17, 15) is 0 Å². The molecule has 1 aromatic heterocycles. The molecule has 0 saturated carbocycles. The average molecular weight is 307 g/mol. The lowest BCUT2D eigenvalue weighted by molar-refractivity contribution is 0.382. The van der Waals surface area contributed by atoms with Crippen molar-refractivity contribution in [2.75, 3.05) is 14.2 Å². The fraction of sp³-hybridized carbons (Fsp3) is 0.250. The van der Waals surface area contributed by atoms with Crippen LogP contribution in [0.3, 0.4) is 0 Å². The molecule has 3 aromatic rings. The van der Waals surface area contributed by atoms with Crippen molar-refractivity contribution >= 4 is 10.9 Å². The van der Waals surface area contributed by atoms with E-state index in [1.807, 2.05) is 24.4 Å². The smallest absolute Gasteiger partial charge is 0.126 e. The third-order valence-electron chi connectivity index (χ3n) is 4.05. The fourth-order valence-corrected chi connectivity index (χ4v) is 2.90. The maximum atomic E-state index is 5.60. The van der Waals surface area contributed by atoms with Crippen LogP contribution in [0.1, 0.15) is 25.3 Å². The molecule has 0 amide bonds. The lowest BCUT2D eigenvalue weighted by atomic mass is 9.96. The lowest BCUT2D eigenvalue weighted by Crippen LogP contribution is -1.99. The van der Waals surface area contributed by atoms with Crippen LogP contribution in [0.5, 0.6) is 11.5 Å². The highest BCUT2D eigenvalue weighted by Gasteiger charge is 2.16. The molecule has 0 aliphatic rings. The molecule has 23 heavy (non-hydrogen) atoms. The second-order valence-electron chi connectivity index (χ2n) is 5.87. The number of rotatable bonds is 4. The van der Waals surface area contributed by atoms with Crippen molar-refractivity contribution in [2.45, 2.75) is 19.8 Å². The molecule has 3 heteroatoms. The van der Waals surface area contributed by atoms with Gasteiger partial charge in [-0.05, 0) is 35.7 Å². The van der Waals surface area contributed by atoms with Gasteiger partial charge in [-0.15, -0.1) is 0 Å². The Morgan fingerprint density at radius 1 is 0.870 bits per heavy atom. The molecule has 0 spiro atoms. The summed E-state index contributed by atoms with van der Waals surface area (Å²) in [5.74, 6) is 2.02. The largest absolute Gasteiger partial charge is 0.496 e. The summed E-state index contributed by atoms with van der Waals surface area (Å²) in [7, 11) is 3.39. The van der Waals surface area contributed by atoms with Crippen LogP contribution in [-0.4, -0.2) is 19.2 Å². The van der Waals surface area contributed by atoms with Gasteiger partial charge in [0, 0.05) is 22.7 Å². The number of hydrogen-bond donors (Lipinski definition) is 0. The molecular weight excluding hydrogens is 286 g/mol. The van der Waals surface area contributed by atoms with E-state index in [1.54, 1.807) is 14.2 Å². The molecule has 1 heterocycles. The Bertz CT molecular complexity index is 815. The van der Waals surface area contributed by atoms with Crippen LogP contribution in [0.25, 0.3) is 22.0 Å². The number of pyridine rings is 1. The molecule has 0 fully saturated rings. The molecule has 0 aliphatic heterocycles. The van der Waals surface area contributed by atoms with E-state index in [1.165, 1.54) is 0 Å². The van der Waals surface area contributed by atoms with Crippen molar-refractivity contribution in [1.82, 2.24) is 4.98 Å². The van der Waals surface area contributed by atoms with Crippen molar-refractivity contribution in [3.8, 4) is 22.6 Å². The lowest BCUT2D eigenvalue weighted by Gasteiger charge is -2.18. The minimum absolute atomic E-state index is 0.323. The summed E-state index contributed by atoms with van der Waals surface area (Å²) in [4.78, 5) is 4.54. The molecule has 0 aliphatic carbocycles. The third kappa shape index (κ3) is 2.87. The van der Waals surface area contributed by atoms with Gasteiger partial charge in [-0.25, -0.2) is 0 Å². The number of methoxy groups -OCH3 is 2. The first-order chi connectivity index (χ1) is 11.1. The molecule has 0 atom stereocenters. The Labute approximate surface area is 136 Å². The summed E-state index contributed by atoms with van der Waals surface area (Å²) in [6.07, 6.45) is 1.89. The predicted octanol–water partition coefficient (Wildman–Crippen LogP) is 5.04. The van der Waals surface area contributed by atoms with Crippen molar-refractivity contribution in [2.24, 2.45) is 0 Å². The zero-order chi connectivity index (χ0) is 16.4. The molecule has 0 radical (unpaired) electrons. The van der Waals surface area contributed by atoms with Gasteiger partial charge in [0.1, 0.15) is 11.5 Å². The zero-order valence-electron chi connectivity index (χ0n) is 14.0. The molecule has 0 N–H and O–H groups in total. The van der Waals surface area contributed by atoms with Gasteiger partial charge < -0.3 is 9.47 Å². The van der Waals surface area contributed by atoms with Crippen molar-refractivity contribution in [1.29, 1.82) is 0 Å². The van der Waals surface area contributed by atoms with E-state index in [-0.39, 0.29) is 0 Å². The number of para-hydroxylation sites is 1. The van der Waals surface area contributed by atoms with Crippen LogP contribution in [0, 0.1) is 0 Å². The van der Waals surface area contributed by atoms with Gasteiger partial charge in [-0.1, -0.05) is 32.0 Å². The summed E-state index contributed by atoms with van der Waals surface area (Å²) in [6, 6.07) is 14.4. The van der Waals surface area contributed by atoms with Crippen LogP contribution < -0.4 is 9.47 Å². The molecule has 2 aromatic carbocycles. The predicted molar refractivity (Wildman–Crippen MR) is 94.4 cm³/mol. The van der Waals surface area contributed by atoms with Gasteiger partial charge in [-0.2, -0.15) is 0 Å². The molecule has 0 saturated heterocycles. The monoisotopic (exact) mass is 307 g/mol. The highest BCUT2D eigenvalue weighted by molar-refractivity contribution is 5.84. The minimum atomic E-state index is 0.323. The topological polar surface area (TPSA) is 31.4 Å². The molecule has 0 unspecified atom stereocenters. The highest BCUT2D eigenvalue weighted by atomic mass is 16.5. The Kier molecular flexibility index (Phi) is 4.20. The average Bonchev–Trinajstić information content (AvgIpc) is 2.59. The van der Waals surface area contributed by atoms with Gasteiger partial charge in [-0.3, -0.25) is 4.98 Å². The quantitative estimate of drug-likeness (QED) is 0.676. The second kappa shape index (κ2) is 6.29. The SMILES string of the molecule is COc1cc(-c2cnc3ccccc3c2)cc(OC)c1C(C)C. The number of nitrogens with zero attached hydrogens (tertiary/aromatic N) is 1. The number of hydrogen-bond acceptors (Lipinski definition) is 3. The van der Waals surface area contributed by atoms with E-state index in [0.717, 1.165) is 39.1 Å². The number of aromatic nitrogens is 1. The van der Waals surface area contributed by atoms with E-state index in [2.05, 4.69) is 43.1 Å². The van der Waals surface area contributed by atoms with Gasteiger partial charge >= 0.3 is 0 Å². The molecule has 3 rings (SSSR count). The standard InChI is InChI=1S/C20H21NO2/c1-13(2)20-18(22-3)10-15(11-19(20)23-4)16-9-14-7-5-6-8-17(14)21-12-16/h5-13H,1-4H3. The van der Waals surface area contributed by atoms with Crippen molar-refractivity contribution < 1.29 is 9.47 Å². The van der Waals surface area contributed by atoms with Gasteiger partial charge in [0.05, 0.1) is 19.7 Å². The van der Waals surface area contributed by atoms with Gasteiger partial charge in [0.15, 0.2) is 0 Å². The van der Waals surface area contributed by atoms with E-state index >= 15 is 0 Å². The number of ether oxygens (including phenoxy) is 2. The molecule has 3 nitrogen and oxygen atoms in total. The summed E-state index contributed by atoms with van der Waals surface area (Å²) >= 11 is 0. The Morgan fingerprint density at radius 3 is 2.13 bits per heavy atom. The van der Waals surface area contributed by atoms with Gasteiger partial charge in [0.25, 0.3) is 0 Å². The summed E-state index contributed by atoms with van der Waals surface area (Å²) in [5.41, 5.74) is 4.18. The maximum Gasteiger partial charge on any atom is 0.126 e. The third-order valence-corrected chi connectivity index (χ3v) is 4.05. The maximum absolute atomic E-state index is 5.60. The Hall–Kier alpha value is -2.55. The first-order valence-corrected chi connectivity index (χ1v) is 7.75. The van der Waals surface area contributed by atoms with Crippen molar-refractivity contribution in [3.05, 3.63) is 54.2 Å². The summed E-state index contributed by atoms with van der Waals surface area (Å²) in [5, 5.41) is 1.12. The fourth-order valence-electron chi connectivity index (χ4n) is 2.90. The normalized spacial score (nSPS) is 11.0. The Balaban J connectivity index is 2.18. The first kappa shape index (κ1) is 15.3. The zero-order valence-corrected chi connectivity index (χ0v) is 14.0. The van der Waals surface area contributed by atoms with Gasteiger partial charge in [0.2, 0.25) is 0 Å². The minimum Gasteiger partial charge on any atom is -0.496 e. The molecular formula is C20H21NO2. The van der Waals surface area contributed by atoms with Crippen LogP contribution in [0.4, 0.5) is 0 Å². The summed E-state index contributed by atoms with van der Waals surface area (Å²) < 4.78 is 11.2. The van der Waals surface area contributed by atoms with E-state index in [0.29, 0.717) is 5.92 Å². The van der Waals surface area contributed by atoms with Crippen LogP contribution in [-0.2, 0) is 0 Å². The second-order valence-corrected chi connectivity index (χ2v) is 5.87. The van der Waals surface area contributed by atoms with Crippen molar-refractivity contribution in [3.63, 3.8) is 0 Å². The van der Waals surface area contributed by atoms with E-state index < -0.39 is 0 Å². The first-order valence-electron chi connectivity index (χ1n) is 7.75.